The second-order valence-electron chi connectivity index (χ2n) is 4.21. The minimum absolute atomic E-state index is 0.0198. The van der Waals surface area contributed by atoms with E-state index < -0.39 is 0 Å². The Kier molecular flexibility index (Phi) is 2.92. The molecule has 1 heterocycles. The number of hydrogen-bond acceptors (Lipinski definition) is 4. The molecule has 0 saturated heterocycles. The van der Waals surface area contributed by atoms with Crippen molar-refractivity contribution in [2.75, 3.05) is 0 Å². The van der Waals surface area contributed by atoms with Crippen molar-refractivity contribution in [3.05, 3.63) is 71.8 Å². The number of rotatable bonds is 3. The fraction of sp³-hybridized carbons (Fsp3) is 0.143. The third kappa shape index (κ3) is 2.18. The van der Waals surface area contributed by atoms with Gasteiger partial charge in [-0.25, -0.2) is 5.01 Å². The van der Waals surface area contributed by atoms with Gasteiger partial charge in [-0.3, -0.25) is 5.43 Å². The van der Waals surface area contributed by atoms with E-state index in [9.17, 15) is 0 Å². The SMILES string of the molecule is c1ccc(CN2N=NNC2c2ccccc2)cc1. The van der Waals surface area contributed by atoms with Crippen molar-refractivity contribution >= 4 is 0 Å². The Morgan fingerprint density at radius 1 is 0.944 bits per heavy atom. The van der Waals surface area contributed by atoms with E-state index in [2.05, 4.69) is 40.1 Å². The summed E-state index contributed by atoms with van der Waals surface area (Å²) in [6.07, 6.45) is 0.0198. The highest BCUT2D eigenvalue weighted by atomic mass is 15.7. The largest absolute Gasteiger partial charge is 0.262 e. The first-order valence-corrected chi connectivity index (χ1v) is 5.95. The molecule has 90 valence electrons. The zero-order chi connectivity index (χ0) is 12.2. The molecule has 0 saturated carbocycles. The number of hydrogen-bond donors (Lipinski definition) is 1. The molecule has 1 atom stereocenters. The maximum absolute atomic E-state index is 4.14. The monoisotopic (exact) mass is 238 g/mol. The summed E-state index contributed by atoms with van der Waals surface area (Å²) in [6.45, 7) is 0.747. The lowest BCUT2D eigenvalue weighted by molar-refractivity contribution is 0.209. The molecule has 0 aliphatic carbocycles. The summed E-state index contributed by atoms with van der Waals surface area (Å²) in [5.74, 6) is 0. The summed E-state index contributed by atoms with van der Waals surface area (Å²) in [6, 6.07) is 20.5. The Morgan fingerprint density at radius 2 is 1.61 bits per heavy atom. The predicted octanol–water partition coefficient (Wildman–Crippen LogP) is 3.07. The van der Waals surface area contributed by atoms with Crippen LogP contribution in [0.25, 0.3) is 0 Å². The third-order valence-corrected chi connectivity index (χ3v) is 2.94. The zero-order valence-corrected chi connectivity index (χ0v) is 9.90. The minimum Gasteiger partial charge on any atom is -0.262 e. The maximum Gasteiger partial charge on any atom is 0.160 e. The van der Waals surface area contributed by atoms with Crippen LogP contribution in [0.15, 0.2) is 71.1 Å². The Labute approximate surface area is 106 Å². The van der Waals surface area contributed by atoms with Crippen molar-refractivity contribution in [3.63, 3.8) is 0 Å². The van der Waals surface area contributed by atoms with Gasteiger partial charge in [-0.05, 0) is 11.1 Å². The predicted molar refractivity (Wildman–Crippen MR) is 69.2 cm³/mol. The van der Waals surface area contributed by atoms with Crippen LogP contribution in [0.5, 0.6) is 0 Å². The van der Waals surface area contributed by atoms with Crippen LogP contribution in [0.4, 0.5) is 0 Å². The van der Waals surface area contributed by atoms with Gasteiger partial charge in [-0.1, -0.05) is 71.1 Å². The van der Waals surface area contributed by atoms with Crippen molar-refractivity contribution in [2.24, 2.45) is 10.4 Å². The maximum atomic E-state index is 4.14. The molecule has 0 spiro atoms. The van der Waals surface area contributed by atoms with E-state index in [0.29, 0.717) is 0 Å². The molecule has 2 aromatic rings. The number of benzene rings is 2. The molecule has 1 aliphatic rings. The van der Waals surface area contributed by atoms with E-state index in [4.69, 9.17) is 0 Å². The van der Waals surface area contributed by atoms with Crippen LogP contribution in [0.2, 0.25) is 0 Å². The van der Waals surface area contributed by atoms with Gasteiger partial charge in [0, 0.05) is 0 Å². The van der Waals surface area contributed by atoms with E-state index >= 15 is 0 Å². The fourth-order valence-corrected chi connectivity index (χ4v) is 2.03. The van der Waals surface area contributed by atoms with Gasteiger partial charge in [0.05, 0.1) is 6.54 Å². The van der Waals surface area contributed by atoms with E-state index in [1.165, 1.54) is 11.1 Å². The van der Waals surface area contributed by atoms with Crippen LogP contribution in [-0.2, 0) is 6.54 Å². The molecule has 4 heteroatoms. The fourth-order valence-electron chi connectivity index (χ4n) is 2.03. The van der Waals surface area contributed by atoms with Crippen LogP contribution in [-0.4, -0.2) is 5.01 Å². The first-order chi connectivity index (χ1) is 8.93. The molecule has 4 nitrogen and oxygen atoms in total. The van der Waals surface area contributed by atoms with E-state index in [-0.39, 0.29) is 6.17 Å². The van der Waals surface area contributed by atoms with Gasteiger partial charge >= 0.3 is 0 Å². The Balaban J connectivity index is 1.78. The topological polar surface area (TPSA) is 40.0 Å². The highest BCUT2D eigenvalue weighted by Gasteiger charge is 2.23. The zero-order valence-electron chi connectivity index (χ0n) is 9.90. The second kappa shape index (κ2) is 4.87. The summed E-state index contributed by atoms with van der Waals surface area (Å²) in [7, 11) is 0. The van der Waals surface area contributed by atoms with Crippen molar-refractivity contribution in [1.29, 1.82) is 0 Å². The van der Waals surface area contributed by atoms with Crippen LogP contribution in [0.1, 0.15) is 17.3 Å². The molecule has 18 heavy (non-hydrogen) atoms. The van der Waals surface area contributed by atoms with Crippen LogP contribution >= 0.6 is 0 Å². The second-order valence-corrected chi connectivity index (χ2v) is 4.21. The lowest BCUT2D eigenvalue weighted by Crippen LogP contribution is -2.26. The van der Waals surface area contributed by atoms with Gasteiger partial charge < -0.3 is 0 Å². The van der Waals surface area contributed by atoms with E-state index in [0.717, 1.165) is 6.54 Å². The van der Waals surface area contributed by atoms with Crippen LogP contribution < -0.4 is 5.43 Å². The smallest absolute Gasteiger partial charge is 0.160 e. The van der Waals surface area contributed by atoms with E-state index in [1.54, 1.807) is 0 Å². The normalized spacial score (nSPS) is 17.8. The molecule has 2 aromatic carbocycles. The Hall–Kier alpha value is -2.36. The summed E-state index contributed by atoms with van der Waals surface area (Å²) in [5, 5.41) is 10.0. The lowest BCUT2D eigenvalue weighted by atomic mass is 10.1. The number of nitrogens with one attached hydrogen (secondary N) is 1. The summed E-state index contributed by atoms with van der Waals surface area (Å²) in [4.78, 5) is 0. The molecular formula is C14H14N4. The molecule has 0 fully saturated rings. The van der Waals surface area contributed by atoms with Gasteiger partial charge in [-0.15, -0.1) is 0 Å². The van der Waals surface area contributed by atoms with Gasteiger partial charge in [0.1, 0.15) is 0 Å². The first-order valence-electron chi connectivity index (χ1n) is 5.95. The van der Waals surface area contributed by atoms with Crippen LogP contribution in [0, 0.1) is 0 Å². The van der Waals surface area contributed by atoms with E-state index in [1.807, 2.05) is 41.4 Å². The van der Waals surface area contributed by atoms with Crippen molar-refractivity contribution in [2.45, 2.75) is 12.7 Å². The van der Waals surface area contributed by atoms with Gasteiger partial charge in [-0.2, -0.15) is 0 Å². The lowest BCUT2D eigenvalue weighted by Gasteiger charge is -2.21. The molecule has 0 bridgehead atoms. The Bertz CT molecular complexity index is 524. The van der Waals surface area contributed by atoms with Crippen molar-refractivity contribution in [3.8, 4) is 0 Å². The average molecular weight is 238 g/mol. The molecule has 0 radical (unpaired) electrons. The molecule has 1 unspecified atom stereocenters. The third-order valence-electron chi connectivity index (χ3n) is 2.94. The van der Waals surface area contributed by atoms with Gasteiger partial charge in [0.15, 0.2) is 6.17 Å². The first kappa shape index (κ1) is 10.8. The highest BCUT2D eigenvalue weighted by molar-refractivity contribution is 5.20. The molecule has 0 amide bonds. The molecule has 1 aliphatic heterocycles. The molecule has 3 rings (SSSR count). The van der Waals surface area contributed by atoms with Crippen molar-refractivity contribution in [1.82, 2.24) is 10.4 Å². The van der Waals surface area contributed by atoms with Gasteiger partial charge in [0.25, 0.3) is 0 Å². The molecule has 1 N–H and O–H groups in total. The van der Waals surface area contributed by atoms with Gasteiger partial charge in [0.2, 0.25) is 0 Å². The summed E-state index contributed by atoms with van der Waals surface area (Å²) >= 11 is 0. The molecular weight excluding hydrogens is 224 g/mol. The van der Waals surface area contributed by atoms with Crippen molar-refractivity contribution < 1.29 is 0 Å². The van der Waals surface area contributed by atoms with Crippen LogP contribution in [0.3, 0.4) is 0 Å². The Morgan fingerprint density at radius 3 is 2.33 bits per heavy atom. The number of nitrogens with zero attached hydrogens (tertiary/aromatic N) is 3. The quantitative estimate of drug-likeness (QED) is 0.892. The molecule has 0 aromatic heterocycles. The average Bonchev–Trinajstić information content (AvgIpc) is 2.89. The summed E-state index contributed by atoms with van der Waals surface area (Å²) < 4.78 is 0. The highest BCUT2D eigenvalue weighted by Crippen LogP contribution is 2.24. The summed E-state index contributed by atoms with van der Waals surface area (Å²) in [5.41, 5.74) is 5.42. The minimum atomic E-state index is 0.0198. The standard InChI is InChI=1S/C14H14N4/c1-3-7-12(8-4-1)11-18-14(15-16-17-18)13-9-5-2-6-10-13/h1-10,14H,11H2,(H,15,17).